The molecule has 2 aromatic rings. The normalized spacial score (nSPS) is 10.4. The molecule has 0 aliphatic carbocycles. The number of rotatable bonds is 1. The van der Waals surface area contributed by atoms with Gasteiger partial charge in [0.05, 0.1) is 0 Å². The van der Waals surface area contributed by atoms with Gasteiger partial charge in [-0.25, -0.2) is 13.2 Å². The van der Waals surface area contributed by atoms with Crippen molar-refractivity contribution in [2.45, 2.75) is 0 Å². The molecule has 2 rings (SSSR count). The predicted octanol–water partition coefficient (Wildman–Crippen LogP) is 3.48. The zero-order chi connectivity index (χ0) is 11.7. The Bertz CT molecular complexity index is 538. The molecule has 0 amide bonds. The van der Waals surface area contributed by atoms with E-state index in [0.717, 1.165) is 18.2 Å². The van der Waals surface area contributed by atoms with Gasteiger partial charge in [-0.05, 0) is 18.2 Å². The van der Waals surface area contributed by atoms with Crippen molar-refractivity contribution in [3.8, 4) is 16.9 Å². The van der Waals surface area contributed by atoms with Gasteiger partial charge in [0.15, 0.2) is 11.6 Å². The highest BCUT2D eigenvalue weighted by molar-refractivity contribution is 5.66. The monoisotopic (exact) mass is 224 g/mol. The average Bonchev–Trinajstić information content (AvgIpc) is 2.23. The zero-order valence-electron chi connectivity index (χ0n) is 8.05. The first-order chi connectivity index (χ1) is 7.59. The SMILES string of the molecule is Oc1cccc(-c2ccc(F)cc2F)c1F. The van der Waals surface area contributed by atoms with E-state index in [4.69, 9.17) is 5.11 Å². The molecule has 16 heavy (non-hydrogen) atoms. The summed E-state index contributed by atoms with van der Waals surface area (Å²) in [4.78, 5) is 0. The minimum atomic E-state index is -0.923. The van der Waals surface area contributed by atoms with Crippen LogP contribution in [0.5, 0.6) is 5.75 Å². The van der Waals surface area contributed by atoms with Crippen LogP contribution in [0, 0.1) is 17.5 Å². The Hall–Kier alpha value is -1.97. The summed E-state index contributed by atoms with van der Waals surface area (Å²) in [5.41, 5.74) is -0.188. The summed E-state index contributed by atoms with van der Waals surface area (Å²) in [5.74, 6) is -3.10. The molecule has 0 aromatic heterocycles. The maximum absolute atomic E-state index is 13.5. The van der Waals surface area contributed by atoms with Crippen LogP contribution < -0.4 is 0 Å². The summed E-state index contributed by atoms with van der Waals surface area (Å²) in [5, 5.41) is 9.14. The smallest absolute Gasteiger partial charge is 0.172 e. The summed E-state index contributed by atoms with van der Waals surface area (Å²) in [6.45, 7) is 0. The minimum Gasteiger partial charge on any atom is -0.505 e. The maximum atomic E-state index is 13.5. The molecule has 2 aromatic carbocycles. The largest absolute Gasteiger partial charge is 0.505 e. The lowest BCUT2D eigenvalue weighted by atomic mass is 10.0. The highest BCUT2D eigenvalue weighted by Gasteiger charge is 2.13. The van der Waals surface area contributed by atoms with Gasteiger partial charge in [-0.2, -0.15) is 0 Å². The van der Waals surface area contributed by atoms with Gasteiger partial charge in [-0.1, -0.05) is 12.1 Å². The molecule has 0 bridgehead atoms. The Kier molecular flexibility index (Phi) is 2.56. The summed E-state index contributed by atoms with van der Waals surface area (Å²) in [6, 6.07) is 6.67. The molecule has 0 atom stereocenters. The molecule has 1 nitrogen and oxygen atoms in total. The zero-order valence-corrected chi connectivity index (χ0v) is 8.05. The van der Waals surface area contributed by atoms with E-state index in [1.807, 2.05) is 0 Å². The third-order valence-corrected chi connectivity index (χ3v) is 2.20. The highest BCUT2D eigenvalue weighted by atomic mass is 19.1. The summed E-state index contributed by atoms with van der Waals surface area (Å²) < 4.78 is 39.5. The molecule has 0 aliphatic heterocycles. The number of halogens is 3. The third-order valence-electron chi connectivity index (χ3n) is 2.20. The molecule has 0 saturated carbocycles. The van der Waals surface area contributed by atoms with Gasteiger partial charge < -0.3 is 5.11 Å². The van der Waals surface area contributed by atoms with E-state index in [9.17, 15) is 13.2 Å². The van der Waals surface area contributed by atoms with Crippen LogP contribution in [0.15, 0.2) is 36.4 Å². The van der Waals surface area contributed by atoms with Crippen molar-refractivity contribution in [2.75, 3.05) is 0 Å². The Balaban J connectivity index is 2.63. The number of phenols is 1. The van der Waals surface area contributed by atoms with Crippen molar-refractivity contribution >= 4 is 0 Å². The van der Waals surface area contributed by atoms with Gasteiger partial charge in [0.2, 0.25) is 0 Å². The lowest BCUT2D eigenvalue weighted by Gasteiger charge is -2.06. The molecular formula is C12H7F3O. The Labute approximate surface area is 89.8 Å². The highest BCUT2D eigenvalue weighted by Crippen LogP contribution is 2.30. The molecule has 82 valence electrons. The number of aromatic hydroxyl groups is 1. The second-order valence-electron chi connectivity index (χ2n) is 3.26. The topological polar surface area (TPSA) is 20.2 Å². The average molecular weight is 224 g/mol. The fourth-order valence-corrected chi connectivity index (χ4v) is 1.44. The van der Waals surface area contributed by atoms with E-state index in [1.54, 1.807) is 0 Å². The summed E-state index contributed by atoms with van der Waals surface area (Å²) >= 11 is 0. The molecule has 1 N–H and O–H groups in total. The van der Waals surface area contributed by atoms with Gasteiger partial charge in [0, 0.05) is 17.2 Å². The van der Waals surface area contributed by atoms with E-state index in [2.05, 4.69) is 0 Å². The van der Waals surface area contributed by atoms with E-state index >= 15 is 0 Å². The Morgan fingerprint density at radius 3 is 2.31 bits per heavy atom. The molecule has 0 spiro atoms. The first kappa shape index (κ1) is 10.5. The summed E-state index contributed by atoms with van der Waals surface area (Å²) in [6.07, 6.45) is 0. The van der Waals surface area contributed by atoms with E-state index in [0.29, 0.717) is 6.07 Å². The van der Waals surface area contributed by atoms with Gasteiger partial charge in [0.25, 0.3) is 0 Å². The van der Waals surface area contributed by atoms with Gasteiger partial charge in [-0.15, -0.1) is 0 Å². The van der Waals surface area contributed by atoms with E-state index < -0.39 is 23.2 Å². The lowest BCUT2D eigenvalue weighted by molar-refractivity contribution is 0.433. The number of phenolic OH excluding ortho intramolecular Hbond substituents is 1. The van der Waals surface area contributed by atoms with Gasteiger partial charge in [0.1, 0.15) is 11.6 Å². The molecule has 0 radical (unpaired) electrons. The molecule has 0 saturated heterocycles. The fraction of sp³-hybridized carbons (Fsp3) is 0. The Morgan fingerprint density at radius 1 is 0.875 bits per heavy atom. The first-order valence-corrected chi connectivity index (χ1v) is 4.52. The number of hydrogen-bond acceptors (Lipinski definition) is 1. The Morgan fingerprint density at radius 2 is 1.62 bits per heavy atom. The summed E-state index contributed by atoms with van der Waals surface area (Å²) in [7, 11) is 0. The van der Waals surface area contributed by atoms with Crippen LogP contribution in [-0.4, -0.2) is 5.11 Å². The minimum absolute atomic E-state index is 0.0881. The molecule has 0 aliphatic rings. The molecule has 0 unspecified atom stereocenters. The second-order valence-corrected chi connectivity index (χ2v) is 3.26. The molecule has 0 heterocycles. The van der Waals surface area contributed by atoms with Crippen molar-refractivity contribution in [1.29, 1.82) is 0 Å². The maximum Gasteiger partial charge on any atom is 0.172 e. The van der Waals surface area contributed by atoms with Crippen molar-refractivity contribution in [1.82, 2.24) is 0 Å². The van der Waals surface area contributed by atoms with Gasteiger partial charge in [-0.3, -0.25) is 0 Å². The van der Waals surface area contributed by atoms with Crippen LogP contribution >= 0.6 is 0 Å². The molecular weight excluding hydrogens is 217 g/mol. The van der Waals surface area contributed by atoms with Crippen molar-refractivity contribution < 1.29 is 18.3 Å². The lowest BCUT2D eigenvalue weighted by Crippen LogP contribution is -1.90. The molecule has 0 fully saturated rings. The third kappa shape index (κ3) is 1.74. The second kappa shape index (κ2) is 3.89. The van der Waals surface area contributed by atoms with Crippen LogP contribution in [0.1, 0.15) is 0 Å². The van der Waals surface area contributed by atoms with E-state index in [1.165, 1.54) is 12.1 Å². The predicted molar refractivity (Wildman–Crippen MR) is 53.4 cm³/mol. The van der Waals surface area contributed by atoms with Crippen LogP contribution in [0.2, 0.25) is 0 Å². The van der Waals surface area contributed by atoms with Crippen LogP contribution in [0.25, 0.3) is 11.1 Å². The first-order valence-electron chi connectivity index (χ1n) is 4.52. The van der Waals surface area contributed by atoms with Crippen LogP contribution in [0.3, 0.4) is 0 Å². The van der Waals surface area contributed by atoms with Gasteiger partial charge >= 0.3 is 0 Å². The fourth-order valence-electron chi connectivity index (χ4n) is 1.44. The van der Waals surface area contributed by atoms with E-state index in [-0.39, 0.29) is 11.1 Å². The standard InChI is InChI=1S/C12H7F3O/c13-7-4-5-8(10(14)6-7)9-2-1-3-11(16)12(9)15/h1-6,16H. The van der Waals surface area contributed by atoms with Crippen LogP contribution in [0.4, 0.5) is 13.2 Å². The quantitative estimate of drug-likeness (QED) is 0.786. The number of benzene rings is 2. The number of hydrogen-bond donors (Lipinski definition) is 1. The van der Waals surface area contributed by atoms with Crippen LogP contribution in [-0.2, 0) is 0 Å². The van der Waals surface area contributed by atoms with Crippen molar-refractivity contribution in [2.24, 2.45) is 0 Å². The van der Waals surface area contributed by atoms with Crippen molar-refractivity contribution in [3.05, 3.63) is 53.8 Å². The van der Waals surface area contributed by atoms with Crippen molar-refractivity contribution in [3.63, 3.8) is 0 Å². The molecule has 4 heteroatoms.